The zero-order chi connectivity index (χ0) is 25.3. The summed E-state index contributed by atoms with van der Waals surface area (Å²) in [7, 11) is 1.54. The molecule has 1 aliphatic rings. The minimum absolute atomic E-state index is 0.0273. The predicted octanol–water partition coefficient (Wildman–Crippen LogP) is 3.84. The van der Waals surface area contributed by atoms with Gasteiger partial charge in [-0.3, -0.25) is 4.79 Å². The van der Waals surface area contributed by atoms with Gasteiger partial charge in [0.05, 0.1) is 18.0 Å². The molecule has 2 N–H and O–H groups in total. The minimum atomic E-state index is -0.321. The van der Waals surface area contributed by atoms with Crippen LogP contribution in [0.5, 0.6) is 5.88 Å². The predicted molar refractivity (Wildman–Crippen MR) is 133 cm³/mol. The Morgan fingerprint density at radius 1 is 1.20 bits per heavy atom. The molecule has 0 bridgehead atoms. The lowest BCUT2D eigenvalue weighted by Crippen LogP contribution is -2.48. The zero-order valence-electron chi connectivity index (χ0n) is 20.9. The molecule has 3 aromatic rings. The van der Waals surface area contributed by atoms with Gasteiger partial charge in [-0.25, -0.2) is 9.37 Å². The third-order valence-corrected chi connectivity index (χ3v) is 6.45. The molecule has 10 heteroatoms. The summed E-state index contributed by atoms with van der Waals surface area (Å²) in [5, 5.41) is 15.0. The number of fused-ring (bicyclic) bond motifs is 1. The van der Waals surface area contributed by atoms with Crippen LogP contribution in [-0.4, -0.2) is 63.7 Å². The largest absolute Gasteiger partial charge is 0.493 e. The van der Waals surface area contributed by atoms with Gasteiger partial charge in [0.15, 0.2) is 0 Å². The lowest BCUT2D eigenvalue weighted by molar-refractivity contribution is -0.129. The molecule has 1 aliphatic heterocycles. The Morgan fingerprint density at radius 2 is 1.91 bits per heavy atom. The van der Waals surface area contributed by atoms with Gasteiger partial charge in [0, 0.05) is 58.0 Å². The molecular formula is C25H33FN6O3. The average Bonchev–Trinajstić information content (AvgIpc) is 3.17. The molecule has 9 nitrogen and oxygen atoms in total. The summed E-state index contributed by atoms with van der Waals surface area (Å²) in [6.07, 6.45) is 1.84. The summed E-state index contributed by atoms with van der Waals surface area (Å²) in [5.41, 5.74) is 1.71. The van der Waals surface area contributed by atoms with Crippen molar-refractivity contribution in [3.63, 3.8) is 0 Å². The Morgan fingerprint density at radius 3 is 2.51 bits per heavy atom. The van der Waals surface area contributed by atoms with Gasteiger partial charge in [0.1, 0.15) is 17.2 Å². The van der Waals surface area contributed by atoms with Gasteiger partial charge in [0.2, 0.25) is 17.7 Å². The normalized spacial score (nSPS) is 15.2. The Labute approximate surface area is 204 Å². The van der Waals surface area contributed by atoms with Crippen molar-refractivity contribution in [2.24, 2.45) is 0 Å². The smallest absolute Gasteiger partial charge is 0.228 e. The Hall–Kier alpha value is -3.40. The van der Waals surface area contributed by atoms with E-state index in [1.807, 2.05) is 37.9 Å². The number of hydrogen-bond donors (Lipinski definition) is 2. The van der Waals surface area contributed by atoms with E-state index in [9.17, 15) is 14.3 Å². The Bertz CT molecular complexity index is 1220. The number of hydrogen-bond acceptors (Lipinski definition) is 7. The van der Waals surface area contributed by atoms with E-state index in [0.29, 0.717) is 54.4 Å². The van der Waals surface area contributed by atoms with Crippen LogP contribution in [0.25, 0.3) is 10.9 Å². The van der Waals surface area contributed by atoms with E-state index >= 15 is 0 Å². The van der Waals surface area contributed by atoms with Crippen LogP contribution in [0.3, 0.4) is 0 Å². The molecule has 1 fully saturated rings. The van der Waals surface area contributed by atoms with Crippen LogP contribution in [0.4, 0.5) is 16.2 Å². The zero-order valence-corrected chi connectivity index (χ0v) is 20.9. The lowest BCUT2D eigenvalue weighted by Gasteiger charge is -2.34. The Balaban J connectivity index is 1.69. The first-order valence-corrected chi connectivity index (χ1v) is 11.8. The molecule has 0 spiro atoms. The molecule has 35 heavy (non-hydrogen) atoms. The van der Waals surface area contributed by atoms with Gasteiger partial charge >= 0.3 is 0 Å². The fourth-order valence-electron chi connectivity index (χ4n) is 4.33. The van der Waals surface area contributed by atoms with Gasteiger partial charge in [0.25, 0.3) is 0 Å². The molecule has 1 amide bonds. The summed E-state index contributed by atoms with van der Waals surface area (Å²) in [6.45, 7) is 10.0. The fourth-order valence-corrected chi connectivity index (χ4v) is 4.33. The van der Waals surface area contributed by atoms with Crippen molar-refractivity contribution in [3.05, 3.63) is 41.3 Å². The summed E-state index contributed by atoms with van der Waals surface area (Å²) in [6, 6.07) is 4.86. The molecule has 1 saturated heterocycles. The van der Waals surface area contributed by atoms with Crippen molar-refractivity contribution in [1.82, 2.24) is 19.4 Å². The van der Waals surface area contributed by atoms with Gasteiger partial charge in [-0.2, -0.15) is 4.98 Å². The van der Waals surface area contributed by atoms with E-state index in [-0.39, 0.29) is 36.3 Å². The van der Waals surface area contributed by atoms with Crippen LogP contribution in [-0.2, 0) is 16.1 Å². The number of piperazine rings is 1. The second-order valence-electron chi connectivity index (χ2n) is 9.23. The van der Waals surface area contributed by atoms with E-state index in [1.54, 1.807) is 22.5 Å². The number of carbonyl (C=O) groups is 1. The second-order valence-corrected chi connectivity index (χ2v) is 9.23. The van der Waals surface area contributed by atoms with E-state index in [0.717, 1.165) is 5.56 Å². The molecule has 4 rings (SSSR count). The third kappa shape index (κ3) is 5.02. The van der Waals surface area contributed by atoms with Gasteiger partial charge < -0.3 is 29.5 Å². The Kier molecular flexibility index (Phi) is 7.11. The molecule has 0 aliphatic carbocycles. The molecule has 1 aromatic carbocycles. The van der Waals surface area contributed by atoms with Crippen molar-refractivity contribution < 1.29 is 19.0 Å². The number of carbonyl (C=O) groups excluding carboxylic acids is 1. The quantitative estimate of drug-likeness (QED) is 0.526. The number of rotatable bonds is 7. The first kappa shape index (κ1) is 24.7. The van der Waals surface area contributed by atoms with Crippen LogP contribution in [0.15, 0.2) is 24.4 Å². The minimum Gasteiger partial charge on any atom is -0.493 e. The standard InChI is InChI=1S/C25H33FN6O3/c1-15(2)32-13-20-22(24(32)34)28-25(31-10-8-30(9-11-31)17(4)33)29-23(20)27-16(3)18-6-7-19(14-35-5)21(26)12-18/h6-7,12-13,15-16,34H,8-11,14H2,1-5H3,(H,27,28,29)/t16-/m1/s1. The average molecular weight is 485 g/mol. The summed E-state index contributed by atoms with van der Waals surface area (Å²) < 4.78 is 21.3. The number of amides is 1. The van der Waals surface area contributed by atoms with E-state index < -0.39 is 0 Å². The monoisotopic (exact) mass is 484 g/mol. The maximum absolute atomic E-state index is 14.5. The number of nitrogens with zero attached hydrogens (tertiary/aromatic N) is 5. The van der Waals surface area contributed by atoms with Crippen LogP contribution in [0.1, 0.15) is 50.9 Å². The van der Waals surface area contributed by atoms with Crippen molar-refractivity contribution in [1.29, 1.82) is 0 Å². The highest BCUT2D eigenvalue weighted by molar-refractivity contribution is 5.94. The molecule has 2 aromatic heterocycles. The number of methoxy groups -OCH3 is 1. The van der Waals surface area contributed by atoms with Gasteiger partial charge in [-0.15, -0.1) is 0 Å². The van der Waals surface area contributed by atoms with Crippen molar-refractivity contribution >= 4 is 28.6 Å². The number of benzene rings is 1. The number of anilines is 2. The molecule has 0 unspecified atom stereocenters. The van der Waals surface area contributed by atoms with Gasteiger partial charge in [-0.05, 0) is 32.4 Å². The molecule has 0 saturated carbocycles. The second kappa shape index (κ2) is 10.1. The van der Waals surface area contributed by atoms with Gasteiger partial charge in [-0.1, -0.05) is 12.1 Å². The molecule has 0 radical (unpaired) electrons. The van der Waals surface area contributed by atoms with E-state index in [1.165, 1.54) is 13.2 Å². The summed E-state index contributed by atoms with van der Waals surface area (Å²) in [5.74, 6) is 0.842. The summed E-state index contributed by atoms with van der Waals surface area (Å²) >= 11 is 0. The van der Waals surface area contributed by atoms with Crippen LogP contribution >= 0.6 is 0 Å². The number of halogens is 1. The highest BCUT2D eigenvalue weighted by Crippen LogP contribution is 2.35. The van der Waals surface area contributed by atoms with Crippen LogP contribution in [0.2, 0.25) is 0 Å². The summed E-state index contributed by atoms with van der Waals surface area (Å²) in [4.78, 5) is 25.0. The number of nitrogens with one attached hydrogen (secondary N) is 1. The molecular weight excluding hydrogens is 451 g/mol. The number of ether oxygens (including phenoxy) is 1. The first-order valence-electron chi connectivity index (χ1n) is 11.8. The maximum Gasteiger partial charge on any atom is 0.228 e. The first-order chi connectivity index (χ1) is 16.7. The van der Waals surface area contributed by atoms with Crippen molar-refractivity contribution in [2.75, 3.05) is 43.5 Å². The third-order valence-electron chi connectivity index (χ3n) is 6.45. The van der Waals surface area contributed by atoms with Crippen molar-refractivity contribution in [3.8, 4) is 5.88 Å². The SMILES string of the molecule is COCc1ccc([C@@H](C)Nc2nc(N3CCN(C(C)=O)CC3)nc3c(O)n(C(C)C)cc23)cc1F. The number of aromatic nitrogens is 3. The molecule has 3 heterocycles. The fraction of sp³-hybridized carbons (Fsp3) is 0.480. The highest BCUT2D eigenvalue weighted by atomic mass is 19.1. The van der Waals surface area contributed by atoms with Crippen molar-refractivity contribution in [2.45, 2.75) is 46.4 Å². The molecule has 188 valence electrons. The maximum atomic E-state index is 14.5. The van der Waals surface area contributed by atoms with Crippen LogP contribution < -0.4 is 10.2 Å². The topological polar surface area (TPSA) is 95.8 Å². The van der Waals surface area contributed by atoms with E-state index in [2.05, 4.69) is 10.3 Å². The van der Waals surface area contributed by atoms with Crippen LogP contribution in [0, 0.1) is 5.82 Å². The number of aromatic hydroxyl groups is 1. The highest BCUT2D eigenvalue weighted by Gasteiger charge is 2.24. The lowest BCUT2D eigenvalue weighted by atomic mass is 10.1. The van der Waals surface area contributed by atoms with E-state index in [4.69, 9.17) is 9.72 Å². The molecule has 1 atom stereocenters.